The van der Waals surface area contributed by atoms with Gasteiger partial charge in [-0.05, 0) is 32.1 Å². The minimum absolute atomic E-state index is 0.813. The number of hydrogen-bond acceptors (Lipinski definition) is 1. The number of hydrogen-bond donors (Lipinski definition) is 0. The van der Waals surface area contributed by atoms with Crippen LogP contribution in [0.25, 0.3) is 0 Å². The average Bonchev–Trinajstić information content (AvgIpc) is 2.05. The van der Waals surface area contributed by atoms with Gasteiger partial charge in [-0.25, -0.2) is 0 Å². The van der Waals surface area contributed by atoms with Gasteiger partial charge in [-0.1, -0.05) is 29.8 Å². The van der Waals surface area contributed by atoms with Gasteiger partial charge < -0.3 is 4.43 Å². The van der Waals surface area contributed by atoms with E-state index in [1.165, 1.54) is 10.8 Å². The van der Waals surface area contributed by atoms with Crippen molar-refractivity contribution in [3.8, 4) is 0 Å². The van der Waals surface area contributed by atoms with Gasteiger partial charge in [-0.2, -0.15) is 0 Å². The summed E-state index contributed by atoms with van der Waals surface area (Å²) in [4.78, 5) is 0. The Bertz CT molecular complexity index is 264. The van der Waals surface area contributed by atoms with Crippen LogP contribution < -0.4 is 5.19 Å². The molecule has 0 saturated heterocycles. The molecule has 0 radical (unpaired) electrons. The van der Waals surface area contributed by atoms with Gasteiger partial charge in [0.1, 0.15) is 0 Å². The third kappa shape index (κ3) is 2.67. The Morgan fingerprint density at radius 1 is 1.15 bits per heavy atom. The summed E-state index contributed by atoms with van der Waals surface area (Å²) in [5.74, 6) is 0. The van der Waals surface area contributed by atoms with E-state index in [4.69, 9.17) is 4.43 Å². The van der Waals surface area contributed by atoms with Crippen LogP contribution in [0.4, 0.5) is 0 Å². The van der Waals surface area contributed by atoms with Crippen LogP contribution in [0, 0.1) is 6.92 Å². The average molecular weight is 194 g/mol. The molecular weight excluding hydrogens is 176 g/mol. The van der Waals surface area contributed by atoms with Gasteiger partial charge in [0.15, 0.2) is 0 Å². The molecular formula is C11H18OSi. The molecule has 0 saturated carbocycles. The lowest BCUT2D eigenvalue weighted by atomic mass is 10.2. The molecule has 72 valence electrons. The first-order valence-electron chi connectivity index (χ1n) is 4.77. The molecule has 1 nitrogen and oxygen atoms in total. The summed E-state index contributed by atoms with van der Waals surface area (Å²) in [6, 6.07) is 8.70. The Labute approximate surface area is 81.9 Å². The van der Waals surface area contributed by atoms with E-state index >= 15 is 0 Å². The summed E-state index contributed by atoms with van der Waals surface area (Å²) in [5, 5.41) is 1.37. The number of benzene rings is 1. The molecule has 2 heteroatoms. The molecule has 0 unspecified atom stereocenters. The Morgan fingerprint density at radius 2 is 1.69 bits per heavy atom. The van der Waals surface area contributed by atoms with Crippen molar-refractivity contribution in [2.75, 3.05) is 6.61 Å². The lowest BCUT2D eigenvalue weighted by molar-refractivity contribution is 0.339. The Morgan fingerprint density at radius 3 is 2.15 bits per heavy atom. The highest BCUT2D eigenvalue weighted by Gasteiger charge is 2.23. The van der Waals surface area contributed by atoms with Gasteiger partial charge in [0, 0.05) is 6.61 Å². The molecule has 0 fully saturated rings. The van der Waals surface area contributed by atoms with Crippen LogP contribution >= 0.6 is 0 Å². The predicted molar refractivity (Wildman–Crippen MR) is 59.9 cm³/mol. The van der Waals surface area contributed by atoms with E-state index in [0.29, 0.717) is 0 Å². The first kappa shape index (κ1) is 10.5. The summed E-state index contributed by atoms with van der Waals surface area (Å²) in [6.45, 7) is 9.46. The zero-order chi connectivity index (χ0) is 9.90. The standard InChI is InChI=1S/C11H18OSi/c1-5-12-13(3,4)11-8-6-10(2)7-9-11/h6-9H,5H2,1-4H3. The van der Waals surface area contributed by atoms with E-state index in [2.05, 4.69) is 51.2 Å². The van der Waals surface area contributed by atoms with E-state index in [0.717, 1.165) is 6.61 Å². The quantitative estimate of drug-likeness (QED) is 0.672. The lowest BCUT2D eigenvalue weighted by Gasteiger charge is -2.22. The second-order valence-corrected chi connectivity index (χ2v) is 7.70. The largest absolute Gasteiger partial charge is 0.413 e. The second-order valence-electron chi connectivity index (χ2n) is 3.81. The van der Waals surface area contributed by atoms with Gasteiger partial charge in [0.05, 0.1) is 0 Å². The zero-order valence-electron chi connectivity index (χ0n) is 8.92. The highest BCUT2D eigenvalue weighted by atomic mass is 28.4. The van der Waals surface area contributed by atoms with Crippen LogP contribution in [-0.4, -0.2) is 14.9 Å². The van der Waals surface area contributed by atoms with Gasteiger partial charge in [0.25, 0.3) is 0 Å². The van der Waals surface area contributed by atoms with Gasteiger partial charge in [-0.3, -0.25) is 0 Å². The Kier molecular flexibility index (Phi) is 3.28. The predicted octanol–water partition coefficient (Wildman–Crippen LogP) is 2.44. The van der Waals surface area contributed by atoms with E-state index in [-0.39, 0.29) is 0 Å². The van der Waals surface area contributed by atoms with E-state index in [1.54, 1.807) is 0 Å². The van der Waals surface area contributed by atoms with Crippen molar-refractivity contribution in [1.29, 1.82) is 0 Å². The first-order valence-corrected chi connectivity index (χ1v) is 7.68. The first-order chi connectivity index (χ1) is 6.06. The smallest absolute Gasteiger partial charge is 0.218 e. The fraction of sp³-hybridized carbons (Fsp3) is 0.455. The molecule has 0 aliphatic heterocycles. The second kappa shape index (κ2) is 4.07. The highest BCUT2D eigenvalue weighted by molar-refractivity contribution is 6.84. The fourth-order valence-electron chi connectivity index (χ4n) is 1.40. The normalized spacial score (nSPS) is 11.7. The molecule has 0 bridgehead atoms. The van der Waals surface area contributed by atoms with Crippen LogP contribution in [0.3, 0.4) is 0 Å². The van der Waals surface area contributed by atoms with Crippen LogP contribution in [0.15, 0.2) is 24.3 Å². The maximum absolute atomic E-state index is 5.79. The van der Waals surface area contributed by atoms with Gasteiger partial charge >= 0.3 is 0 Å². The Balaban J connectivity index is 2.87. The van der Waals surface area contributed by atoms with Crippen LogP contribution in [0.5, 0.6) is 0 Å². The SMILES string of the molecule is CCO[Si](C)(C)c1ccc(C)cc1. The van der Waals surface area contributed by atoms with Crippen molar-refractivity contribution in [2.45, 2.75) is 26.9 Å². The highest BCUT2D eigenvalue weighted by Crippen LogP contribution is 2.06. The molecule has 1 rings (SSSR count). The van der Waals surface area contributed by atoms with E-state index in [9.17, 15) is 0 Å². The molecule has 1 aromatic rings. The topological polar surface area (TPSA) is 9.23 Å². The monoisotopic (exact) mass is 194 g/mol. The summed E-state index contributed by atoms with van der Waals surface area (Å²) in [7, 11) is -1.60. The summed E-state index contributed by atoms with van der Waals surface area (Å²) in [5.41, 5.74) is 1.31. The zero-order valence-corrected chi connectivity index (χ0v) is 9.92. The number of rotatable bonds is 3. The fourth-order valence-corrected chi connectivity index (χ4v) is 3.26. The minimum Gasteiger partial charge on any atom is -0.413 e. The third-order valence-corrected chi connectivity index (χ3v) is 4.99. The lowest BCUT2D eigenvalue weighted by Crippen LogP contribution is -2.44. The van der Waals surface area contributed by atoms with Crippen molar-refractivity contribution in [1.82, 2.24) is 0 Å². The molecule has 0 amide bonds. The summed E-state index contributed by atoms with van der Waals surface area (Å²) in [6.07, 6.45) is 0. The van der Waals surface area contributed by atoms with Crippen molar-refractivity contribution in [3.63, 3.8) is 0 Å². The van der Waals surface area contributed by atoms with Crippen LogP contribution in [-0.2, 0) is 4.43 Å². The molecule has 0 aliphatic carbocycles. The third-order valence-electron chi connectivity index (χ3n) is 2.25. The van der Waals surface area contributed by atoms with Crippen molar-refractivity contribution < 1.29 is 4.43 Å². The molecule has 0 aromatic heterocycles. The van der Waals surface area contributed by atoms with Crippen LogP contribution in [0.2, 0.25) is 13.1 Å². The molecule has 0 heterocycles. The Hall–Kier alpha value is -0.603. The van der Waals surface area contributed by atoms with E-state index in [1.807, 2.05) is 0 Å². The van der Waals surface area contributed by atoms with Gasteiger partial charge in [0.2, 0.25) is 8.32 Å². The molecule has 0 N–H and O–H groups in total. The van der Waals surface area contributed by atoms with Crippen molar-refractivity contribution >= 4 is 13.5 Å². The molecule has 0 spiro atoms. The van der Waals surface area contributed by atoms with Gasteiger partial charge in [-0.15, -0.1) is 0 Å². The molecule has 13 heavy (non-hydrogen) atoms. The van der Waals surface area contributed by atoms with Crippen molar-refractivity contribution in [3.05, 3.63) is 29.8 Å². The van der Waals surface area contributed by atoms with E-state index < -0.39 is 8.32 Å². The maximum Gasteiger partial charge on any atom is 0.218 e. The van der Waals surface area contributed by atoms with Crippen LogP contribution in [0.1, 0.15) is 12.5 Å². The summed E-state index contributed by atoms with van der Waals surface area (Å²) < 4.78 is 5.79. The molecule has 0 aliphatic rings. The maximum atomic E-state index is 5.79. The number of aryl methyl sites for hydroxylation is 1. The molecule has 1 aromatic carbocycles. The van der Waals surface area contributed by atoms with Crippen molar-refractivity contribution in [2.24, 2.45) is 0 Å². The summed E-state index contributed by atoms with van der Waals surface area (Å²) >= 11 is 0. The molecule has 0 atom stereocenters. The minimum atomic E-state index is -1.60.